The number of ether oxygens (including phenoxy) is 1. The van der Waals surface area contributed by atoms with Crippen LogP contribution in [0.3, 0.4) is 0 Å². The van der Waals surface area contributed by atoms with Crippen molar-refractivity contribution in [3.63, 3.8) is 0 Å². The molecule has 0 aliphatic carbocycles. The lowest BCUT2D eigenvalue weighted by atomic mass is 10.2. The van der Waals surface area contributed by atoms with Gasteiger partial charge in [-0.25, -0.2) is 4.68 Å². The van der Waals surface area contributed by atoms with Crippen LogP contribution in [0, 0.1) is 6.92 Å². The largest absolute Gasteiger partial charge is 0.497 e. The van der Waals surface area contributed by atoms with Crippen molar-refractivity contribution in [3.8, 4) is 5.75 Å². The first-order chi connectivity index (χ1) is 7.70. The van der Waals surface area contributed by atoms with E-state index in [9.17, 15) is 0 Å². The van der Waals surface area contributed by atoms with Crippen LogP contribution in [0.4, 0.5) is 5.82 Å². The molecule has 2 rings (SSSR count). The summed E-state index contributed by atoms with van der Waals surface area (Å²) in [6.45, 7) is 2.64. The summed E-state index contributed by atoms with van der Waals surface area (Å²) in [7, 11) is 1.66. The van der Waals surface area contributed by atoms with E-state index in [4.69, 9.17) is 10.5 Å². The molecule has 4 heteroatoms. The average molecular weight is 217 g/mol. The molecule has 0 spiro atoms. The zero-order chi connectivity index (χ0) is 11.5. The highest BCUT2D eigenvalue weighted by Crippen LogP contribution is 2.15. The minimum Gasteiger partial charge on any atom is -0.497 e. The molecule has 0 radical (unpaired) electrons. The molecular weight excluding hydrogens is 202 g/mol. The third-order valence-electron chi connectivity index (χ3n) is 2.56. The fraction of sp³-hybridized carbons (Fsp3) is 0.250. The zero-order valence-corrected chi connectivity index (χ0v) is 9.47. The highest BCUT2D eigenvalue weighted by Gasteiger charge is 2.03. The summed E-state index contributed by atoms with van der Waals surface area (Å²) in [6.07, 6.45) is 1.78. The number of aryl methyl sites for hydroxylation is 1. The number of nitrogen functional groups attached to an aromatic ring is 1. The van der Waals surface area contributed by atoms with Gasteiger partial charge in [-0.1, -0.05) is 12.1 Å². The summed E-state index contributed by atoms with van der Waals surface area (Å²) in [6, 6.07) is 7.88. The van der Waals surface area contributed by atoms with Gasteiger partial charge >= 0.3 is 0 Å². The van der Waals surface area contributed by atoms with Crippen LogP contribution in [0.1, 0.15) is 11.1 Å². The van der Waals surface area contributed by atoms with Crippen molar-refractivity contribution in [2.24, 2.45) is 0 Å². The lowest BCUT2D eigenvalue weighted by Gasteiger charge is -2.05. The maximum absolute atomic E-state index is 5.88. The third-order valence-corrected chi connectivity index (χ3v) is 2.56. The summed E-state index contributed by atoms with van der Waals surface area (Å²) in [5, 5.41) is 4.21. The smallest absolute Gasteiger partial charge is 0.124 e. The number of anilines is 1. The molecule has 0 saturated heterocycles. The van der Waals surface area contributed by atoms with E-state index in [-0.39, 0.29) is 0 Å². The zero-order valence-electron chi connectivity index (χ0n) is 9.47. The van der Waals surface area contributed by atoms with E-state index in [1.165, 1.54) is 0 Å². The fourth-order valence-corrected chi connectivity index (χ4v) is 1.52. The predicted molar refractivity (Wildman–Crippen MR) is 63.5 cm³/mol. The van der Waals surface area contributed by atoms with Gasteiger partial charge in [0.15, 0.2) is 0 Å². The van der Waals surface area contributed by atoms with Gasteiger partial charge < -0.3 is 10.5 Å². The number of nitrogens with zero attached hydrogens (tertiary/aromatic N) is 2. The maximum atomic E-state index is 5.88. The Balaban J connectivity index is 2.17. The Hall–Kier alpha value is -1.97. The normalized spacial score (nSPS) is 10.4. The Morgan fingerprint density at radius 3 is 2.50 bits per heavy atom. The van der Waals surface area contributed by atoms with Crippen LogP contribution < -0.4 is 10.5 Å². The molecule has 2 aromatic rings. The third kappa shape index (κ3) is 2.00. The summed E-state index contributed by atoms with van der Waals surface area (Å²) >= 11 is 0. The minimum atomic E-state index is 0.684. The molecule has 0 atom stereocenters. The quantitative estimate of drug-likeness (QED) is 0.853. The van der Waals surface area contributed by atoms with E-state index in [0.717, 1.165) is 22.7 Å². The van der Waals surface area contributed by atoms with Gasteiger partial charge in [0.1, 0.15) is 11.6 Å². The van der Waals surface area contributed by atoms with Crippen molar-refractivity contribution < 1.29 is 4.74 Å². The molecule has 0 aliphatic heterocycles. The molecule has 2 N–H and O–H groups in total. The van der Waals surface area contributed by atoms with Crippen LogP contribution in [0.25, 0.3) is 0 Å². The second kappa shape index (κ2) is 4.26. The van der Waals surface area contributed by atoms with Crippen molar-refractivity contribution in [2.45, 2.75) is 13.5 Å². The van der Waals surface area contributed by atoms with Gasteiger partial charge in [0.05, 0.1) is 19.9 Å². The van der Waals surface area contributed by atoms with E-state index in [1.54, 1.807) is 18.0 Å². The van der Waals surface area contributed by atoms with Gasteiger partial charge in [-0.2, -0.15) is 5.10 Å². The van der Waals surface area contributed by atoms with Gasteiger partial charge in [0.2, 0.25) is 0 Å². The average Bonchev–Trinajstić information content (AvgIpc) is 2.62. The first kappa shape index (κ1) is 10.5. The Morgan fingerprint density at radius 1 is 1.31 bits per heavy atom. The van der Waals surface area contributed by atoms with Gasteiger partial charge in [0, 0.05) is 5.56 Å². The summed E-state index contributed by atoms with van der Waals surface area (Å²) in [5.74, 6) is 1.57. The van der Waals surface area contributed by atoms with E-state index >= 15 is 0 Å². The Morgan fingerprint density at radius 2 is 2.00 bits per heavy atom. The lowest BCUT2D eigenvalue weighted by molar-refractivity contribution is 0.414. The molecule has 0 aliphatic rings. The van der Waals surface area contributed by atoms with Crippen molar-refractivity contribution >= 4 is 5.82 Å². The molecule has 16 heavy (non-hydrogen) atoms. The van der Waals surface area contributed by atoms with Crippen molar-refractivity contribution in [1.29, 1.82) is 0 Å². The number of hydrogen-bond acceptors (Lipinski definition) is 3. The highest BCUT2D eigenvalue weighted by atomic mass is 16.5. The Labute approximate surface area is 94.6 Å². The van der Waals surface area contributed by atoms with E-state index in [1.807, 2.05) is 31.2 Å². The van der Waals surface area contributed by atoms with Crippen molar-refractivity contribution in [3.05, 3.63) is 41.6 Å². The molecule has 1 aromatic heterocycles. The van der Waals surface area contributed by atoms with E-state index in [2.05, 4.69) is 5.10 Å². The first-order valence-corrected chi connectivity index (χ1v) is 5.11. The van der Waals surface area contributed by atoms with Crippen LogP contribution in [0.2, 0.25) is 0 Å². The number of methoxy groups -OCH3 is 1. The van der Waals surface area contributed by atoms with Gasteiger partial charge in [0.25, 0.3) is 0 Å². The summed E-state index contributed by atoms with van der Waals surface area (Å²) in [4.78, 5) is 0. The first-order valence-electron chi connectivity index (χ1n) is 5.11. The maximum Gasteiger partial charge on any atom is 0.124 e. The molecule has 0 bridgehead atoms. The molecule has 0 amide bonds. The monoisotopic (exact) mass is 217 g/mol. The minimum absolute atomic E-state index is 0.684. The fourth-order valence-electron chi connectivity index (χ4n) is 1.52. The molecule has 1 aromatic carbocycles. The van der Waals surface area contributed by atoms with Crippen LogP contribution >= 0.6 is 0 Å². The van der Waals surface area contributed by atoms with Crippen molar-refractivity contribution in [2.75, 3.05) is 12.8 Å². The Bertz CT molecular complexity index is 474. The van der Waals surface area contributed by atoms with Gasteiger partial charge in [-0.3, -0.25) is 0 Å². The molecule has 1 heterocycles. The lowest BCUT2D eigenvalue weighted by Crippen LogP contribution is -2.06. The van der Waals surface area contributed by atoms with Gasteiger partial charge in [-0.15, -0.1) is 0 Å². The molecule has 0 fully saturated rings. The summed E-state index contributed by atoms with van der Waals surface area (Å²) < 4.78 is 6.89. The van der Waals surface area contributed by atoms with Crippen LogP contribution in [-0.2, 0) is 6.54 Å². The number of benzene rings is 1. The van der Waals surface area contributed by atoms with E-state index < -0.39 is 0 Å². The number of aromatic nitrogens is 2. The number of rotatable bonds is 3. The SMILES string of the molecule is COc1ccc(Cn2ncc(C)c2N)cc1. The molecule has 0 unspecified atom stereocenters. The number of nitrogens with two attached hydrogens (primary N) is 1. The summed E-state index contributed by atoms with van der Waals surface area (Å²) in [5.41, 5.74) is 8.04. The molecule has 84 valence electrons. The second-order valence-electron chi connectivity index (χ2n) is 3.72. The topological polar surface area (TPSA) is 53.1 Å². The predicted octanol–water partition coefficient (Wildman–Crippen LogP) is 1.83. The molecular formula is C12H15N3O. The van der Waals surface area contributed by atoms with E-state index in [0.29, 0.717) is 6.54 Å². The van der Waals surface area contributed by atoms with Crippen LogP contribution in [0.5, 0.6) is 5.75 Å². The van der Waals surface area contributed by atoms with Crippen molar-refractivity contribution in [1.82, 2.24) is 9.78 Å². The molecule has 4 nitrogen and oxygen atoms in total. The Kier molecular flexibility index (Phi) is 2.81. The highest BCUT2D eigenvalue weighted by molar-refractivity contribution is 5.38. The second-order valence-corrected chi connectivity index (χ2v) is 3.72. The standard InChI is InChI=1S/C12H15N3O/c1-9-7-14-15(12(9)13)8-10-3-5-11(16-2)6-4-10/h3-7H,8,13H2,1-2H3. The number of hydrogen-bond donors (Lipinski definition) is 1. The van der Waals surface area contributed by atoms with Crippen LogP contribution in [0.15, 0.2) is 30.5 Å². The van der Waals surface area contributed by atoms with Crippen LogP contribution in [-0.4, -0.2) is 16.9 Å². The molecule has 0 saturated carbocycles. The van der Waals surface area contributed by atoms with Gasteiger partial charge in [-0.05, 0) is 24.6 Å².